The molecule has 0 radical (unpaired) electrons. The molecule has 1 N–H and O–H groups in total. The molecule has 6 nitrogen and oxygen atoms in total. The second-order valence-corrected chi connectivity index (χ2v) is 9.31. The molecule has 1 aliphatic rings. The number of aromatic nitrogens is 1. The van der Waals surface area contributed by atoms with Crippen molar-refractivity contribution >= 4 is 39.8 Å². The molecule has 35 heavy (non-hydrogen) atoms. The number of anilines is 1. The topological polar surface area (TPSA) is 68.8 Å². The normalized spacial score (nSPS) is 15.4. The maximum absolute atomic E-state index is 13.5. The van der Waals surface area contributed by atoms with Gasteiger partial charge in [0.05, 0.1) is 17.3 Å². The molecule has 5 rings (SSSR count). The average molecular weight is 485 g/mol. The molecular formula is C28H25ClN4O2. The Balaban J connectivity index is 1.68. The number of pyridine rings is 1. The summed E-state index contributed by atoms with van der Waals surface area (Å²) in [5.41, 5.74) is 5.16. The van der Waals surface area contributed by atoms with Gasteiger partial charge in [-0.1, -0.05) is 54.1 Å². The van der Waals surface area contributed by atoms with Crippen molar-refractivity contribution in [2.45, 2.75) is 19.4 Å². The molecule has 2 heterocycles. The number of nitrogens with zero attached hydrogens (tertiary/aromatic N) is 3. The fraction of sp³-hybridized carbons (Fsp3) is 0.179. The molecule has 0 bridgehead atoms. The van der Waals surface area contributed by atoms with Gasteiger partial charge in [-0.05, 0) is 41.5 Å². The lowest BCUT2D eigenvalue weighted by Gasteiger charge is -2.21. The van der Waals surface area contributed by atoms with Crippen LogP contribution in [0, 0.1) is 0 Å². The largest absolute Gasteiger partial charge is 0.378 e. The van der Waals surface area contributed by atoms with E-state index >= 15 is 0 Å². The van der Waals surface area contributed by atoms with E-state index < -0.39 is 0 Å². The van der Waals surface area contributed by atoms with Gasteiger partial charge in [-0.2, -0.15) is 5.10 Å². The standard InChI is InChI=1S/C28H25ClN4O2/c1-17(34)33-25(18-9-12-21(13-10-18)32(2)3)16-24(31-33)27-26(19-7-5-4-6-8-19)22-15-20(29)11-14-23(22)30-28(27)35/h4-15,25H,16H2,1-3H3,(H,30,35)/t25-/m1/s1. The number of carbonyl (C=O) groups excluding carboxylic acids is 1. The van der Waals surface area contributed by atoms with Crippen LogP contribution in [0.3, 0.4) is 0 Å². The van der Waals surface area contributed by atoms with Crippen molar-refractivity contribution in [3.63, 3.8) is 0 Å². The number of nitrogens with one attached hydrogen (secondary N) is 1. The summed E-state index contributed by atoms with van der Waals surface area (Å²) < 4.78 is 0. The molecule has 7 heteroatoms. The van der Waals surface area contributed by atoms with Crippen LogP contribution in [0.5, 0.6) is 0 Å². The first-order valence-electron chi connectivity index (χ1n) is 11.4. The van der Waals surface area contributed by atoms with Crippen LogP contribution in [0.1, 0.15) is 30.5 Å². The van der Waals surface area contributed by atoms with Crippen LogP contribution in [0.4, 0.5) is 5.69 Å². The smallest absolute Gasteiger partial charge is 0.258 e. The quantitative estimate of drug-likeness (QED) is 0.409. The number of fused-ring (bicyclic) bond motifs is 1. The molecule has 0 spiro atoms. The predicted molar refractivity (Wildman–Crippen MR) is 142 cm³/mol. The Morgan fingerprint density at radius 3 is 2.40 bits per heavy atom. The van der Waals surface area contributed by atoms with E-state index in [0.29, 0.717) is 28.2 Å². The summed E-state index contributed by atoms with van der Waals surface area (Å²) in [6.07, 6.45) is 0.426. The first-order valence-corrected chi connectivity index (χ1v) is 11.8. The van der Waals surface area contributed by atoms with Gasteiger partial charge in [0, 0.05) is 54.6 Å². The number of carbonyl (C=O) groups is 1. The van der Waals surface area contributed by atoms with Gasteiger partial charge >= 0.3 is 0 Å². The van der Waals surface area contributed by atoms with Gasteiger partial charge in [-0.15, -0.1) is 0 Å². The highest BCUT2D eigenvalue weighted by atomic mass is 35.5. The van der Waals surface area contributed by atoms with Crippen molar-refractivity contribution in [3.8, 4) is 11.1 Å². The van der Waals surface area contributed by atoms with Crippen LogP contribution in [0.2, 0.25) is 5.02 Å². The Morgan fingerprint density at radius 2 is 1.74 bits per heavy atom. The van der Waals surface area contributed by atoms with Crippen LogP contribution in [0.15, 0.2) is 82.7 Å². The maximum Gasteiger partial charge on any atom is 0.258 e. The molecule has 3 aromatic carbocycles. The molecule has 1 atom stereocenters. The molecule has 0 fully saturated rings. The molecule has 0 saturated carbocycles. The molecule has 4 aromatic rings. The van der Waals surface area contributed by atoms with E-state index in [0.717, 1.165) is 27.8 Å². The van der Waals surface area contributed by atoms with Gasteiger partial charge in [-0.25, -0.2) is 5.01 Å². The SMILES string of the molecule is CC(=O)N1N=C(c2c(-c3ccccc3)c3cc(Cl)ccc3[nH]c2=O)C[C@@H]1c1ccc(N(C)C)cc1. The number of aromatic amines is 1. The summed E-state index contributed by atoms with van der Waals surface area (Å²) in [6, 6.07) is 22.9. The summed E-state index contributed by atoms with van der Waals surface area (Å²) in [5.74, 6) is -0.178. The average Bonchev–Trinajstić information content (AvgIpc) is 3.29. The van der Waals surface area contributed by atoms with Crippen LogP contribution in [-0.2, 0) is 4.79 Å². The number of hydrogen-bond acceptors (Lipinski definition) is 4. The molecule has 0 saturated heterocycles. The van der Waals surface area contributed by atoms with Gasteiger partial charge in [0.25, 0.3) is 5.56 Å². The molecular weight excluding hydrogens is 460 g/mol. The number of benzene rings is 3. The monoisotopic (exact) mass is 484 g/mol. The fourth-order valence-corrected chi connectivity index (χ4v) is 4.82. The highest BCUT2D eigenvalue weighted by molar-refractivity contribution is 6.31. The number of halogens is 1. The molecule has 176 valence electrons. The van der Waals surface area contributed by atoms with Crippen molar-refractivity contribution in [1.82, 2.24) is 9.99 Å². The number of hydrazone groups is 1. The van der Waals surface area contributed by atoms with Crippen molar-refractivity contribution in [2.75, 3.05) is 19.0 Å². The van der Waals surface area contributed by atoms with Crippen molar-refractivity contribution in [2.24, 2.45) is 5.10 Å². The highest BCUT2D eigenvalue weighted by Gasteiger charge is 2.34. The van der Waals surface area contributed by atoms with Crippen molar-refractivity contribution < 1.29 is 4.79 Å². The number of rotatable bonds is 4. The van der Waals surface area contributed by atoms with E-state index in [1.807, 2.05) is 85.7 Å². The number of hydrogen-bond donors (Lipinski definition) is 1. The first-order chi connectivity index (χ1) is 16.8. The van der Waals surface area contributed by atoms with Gasteiger partial charge in [0.1, 0.15) is 0 Å². The molecule has 1 aromatic heterocycles. The van der Waals surface area contributed by atoms with E-state index in [-0.39, 0.29) is 17.5 Å². The summed E-state index contributed by atoms with van der Waals surface area (Å²) in [6.45, 7) is 1.50. The number of amides is 1. The van der Waals surface area contributed by atoms with E-state index in [1.54, 1.807) is 6.07 Å². The molecule has 1 amide bonds. The van der Waals surface area contributed by atoms with Gasteiger partial charge in [0.15, 0.2) is 0 Å². The van der Waals surface area contributed by atoms with E-state index in [9.17, 15) is 9.59 Å². The third-order valence-corrected chi connectivity index (χ3v) is 6.59. The zero-order chi connectivity index (χ0) is 24.7. The van der Waals surface area contributed by atoms with Gasteiger partial charge < -0.3 is 9.88 Å². The predicted octanol–water partition coefficient (Wildman–Crippen LogP) is 5.61. The van der Waals surface area contributed by atoms with Crippen molar-refractivity contribution in [3.05, 3.63) is 99.3 Å². The summed E-state index contributed by atoms with van der Waals surface area (Å²) in [5, 5.41) is 7.57. The minimum absolute atomic E-state index is 0.178. The Labute approximate surface area is 208 Å². The first kappa shape index (κ1) is 22.9. The van der Waals surface area contributed by atoms with E-state index in [4.69, 9.17) is 11.6 Å². The van der Waals surface area contributed by atoms with E-state index in [1.165, 1.54) is 11.9 Å². The fourth-order valence-electron chi connectivity index (χ4n) is 4.65. The number of H-pyrrole nitrogens is 1. The molecule has 1 aliphatic heterocycles. The second kappa shape index (κ2) is 9.04. The lowest BCUT2D eigenvalue weighted by atomic mass is 9.91. The Kier molecular flexibility index (Phi) is 5.91. The lowest BCUT2D eigenvalue weighted by Crippen LogP contribution is -2.24. The molecule has 0 unspecified atom stereocenters. The Bertz CT molecular complexity index is 1510. The third kappa shape index (κ3) is 4.21. The highest BCUT2D eigenvalue weighted by Crippen LogP contribution is 2.37. The molecule has 0 aliphatic carbocycles. The third-order valence-electron chi connectivity index (χ3n) is 6.35. The summed E-state index contributed by atoms with van der Waals surface area (Å²) >= 11 is 6.35. The van der Waals surface area contributed by atoms with Crippen LogP contribution >= 0.6 is 11.6 Å². The Hall–Kier alpha value is -3.90. The van der Waals surface area contributed by atoms with Crippen LogP contribution in [-0.4, -0.2) is 35.7 Å². The van der Waals surface area contributed by atoms with E-state index in [2.05, 4.69) is 10.1 Å². The summed E-state index contributed by atoms with van der Waals surface area (Å²) in [4.78, 5) is 31.1. The van der Waals surface area contributed by atoms with Crippen molar-refractivity contribution in [1.29, 1.82) is 0 Å². The van der Waals surface area contributed by atoms with Gasteiger partial charge in [0.2, 0.25) is 5.91 Å². The van der Waals surface area contributed by atoms with Crippen LogP contribution < -0.4 is 10.5 Å². The van der Waals surface area contributed by atoms with Gasteiger partial charge in [-0.3, -0.25) is 9.59 Å². The Morgan fingerprint density at radius 1 is 1.03 bits per heavy atom. The minimum atomic E-state index is -0.295. The van der Waals surface area contributed by atoms with Crippen LogP contribution in [0.25, 0.3) is 22.0 Å². The zero-order valence-corrected chi connectivity index (χ0v) is 20.5. The lowest BCUT2D eigenvalue weighted by molar-refractivity contribution is -0.130. The zero-order valence-electron chi connectivity index (χ0n) is 19.7. The second-order valence-electron chi connectivity index (χ2n) is 8.88. The summed E-state index contributed by atoms with van der Waals surface area (Å²) in [7, 11) is 3.97. The minimum Gasteiger partial charge on any atom is -0.378 e. The maximum atomic E-state index is 13.5.